The zero-order chi connectivity index (χ0) is 18.1. The number of hydrogen-bond donors (Lipinski definition) is 2. The minimum atomic E-state index is -0.141. The molecule has 5 heteroatoms. The second-order valence-corrected chi connectivity index (χ2v) is 7.14. The van der Waals surface area contributed by atoms with Gasteiger partial charge in [-0.1, -0.05) is 36.8 Å². The normalized spacial score (nSPS) is 10.3. The lowest BCUT2D eigenvalue weighted by molar-refractivity contribution is -0.120. The summed E-state index contributed by atoms with van der Waals surface area (Å²) in [6.45, 7) is 4.53. The lowest BCUT2D eigenvalue weighted by Crippen LogP contribution is -2.23. The van der Waals surface area contributed by atoms with Crippen molar-refractivity contribution in [2.24, 2.45) is 0 Å². The van der Waals surface area contributed by atoms with Crippen molar-refractivity contribution in [2.45, 2.75) is 26.8 Å². The molecule has 0 unspecified atom stereocenters. The molecule has 2 aromatic carbocycles. The van der Waals surface area contributed by atoms with Crippen molar-refractivity contribution in [1.82, 2.24) is 5.32 Å². The summed E-state index contributed by atoms with van der Waals surface area (Å²) in [6.07, 6.45) is 0.530. The van der Waals surface area contributed by atoms with E-state index in [1.54, 1.807) is 11.8 Å². The van der Waals surface area contributed by atoms with Gasteiger partial charge in [-0.2, -0.15) is 11.8 Å². The Labute approximate surface area is 153 Å². The smallest absolute Gasteiger partial charge is 0.255 e. The first kappa shape index (κ1) is 19.1. The predicted octanol–water partition coefficient (Wildman–Crippen LogP) is 4.01. The molecule has 2 rings (SSSR count). The van der Waals surface area contributed by atoms with Crippen LogP contribution in [0.3, 0.4) is 0 Å². The quantitative estimate of drug-likeness (QED) is 0.703. The van der Waals surface area contributed by atoms with Gasteiger partial charge in [-0.3, -0.25) is 9.59 Å². The highest BCUT2D eigenvalue weighted by molar-refractivity contribution is 7.99. The Hall–Kier alpha value is -2.27. The van der Waals surface area contributed by atoms with Gasteiger partial charge in [-0.05, 0) is 42.5 Å². The molecular weight excluding hydrogens is 332 g/mol. The van der Waals surface area contributed by atoms with Crippen LogP contribution in [0.5, 0.6) is 0 Å². The van der Waals surface area contributed by atoms with Gasteiger partial charge in [0.15, 0.2) is 0 Å². The van der Waals surface area contributed by atoms with E-state index in [9.17, 15) is 9.59 Å². The Morgan fingerprint density at radius 1 is 1.08 bits per heavy atom. The summed E-state index contributed by atoms with van der Waals surface area (Å²) in [5.41, 5.74) is 3.42. The summed E-state index contributed by atoms with van der Waals surface area (Å²) in [7, 11) is 0. The number of hydrogen-bond acceptors (Lipinski definition) is 3. The average Bonchev–Trinajstić information content (AvgIpc) is 2.61. The van der Waals surface area contributed by atoms with E-state index in [1.807, 2.05) is 55.5 Å². The second-order valence-electron chi connectivity index (χ2n) is 5.74. The molecule has 0 aliphatic carbocycles. The average molecular weight is 356 g/mol. The van der Waals surface area contributed by atoms with E-state index in [0.717, 1.165) is 28.3 Å². The van der Waals surface area contributed by atoms with Crippen LogP contribution in [0.25, 0.3) is 0 Å². The molecule has 0 atom stereocenters. The van der Waals surface area contributed by atoms with Crippen molar-refractivity contribution in [3.05, 3.63) is 65.2 Å². The predicted molar refractivity (Wildman–Crippen MR) is 105 cm³/mol. The molecule has 0 spiro atoms. The number of carbonyl (C=O) groups excluding carboxylic acids is 2. The van der Waals surface area contributed by atoms with Crippen molar-refractivity contribution in [1.29, 1.82) is 0 Å². The molecule has 4 nitrogen and oxygen atoms in total. The number of thioether (sulfide) groups is 1. The van der Waals surface area contributed by atoms with Gasteiger partial charge in [0.25, 0.3) is 5.91 Å². The fraction of sp³-hybridized carbons (Fsp3) is 0.300. The van der Waals surface area contributed by atoms with Crippen LogP contribution < -0.4 is 10.6 Å². The second kappa shape index (κ2) is 9.89. The third-order valence-electron chi connectivity index (χ3n) is 3.67. The summed E-state index contributed by atoms with van der Waals surface area (Å²) in [4.78, 5) is 24.0. The standard InChI is InChI=1S/C20H24N2O2S/c1-3-25-12-11-19(23)21-14-16-5-4-6-18(13-16)22-20(24)17-9-7-15(2)8-10-17/h4-10,13H,3,11-12,14H2,1-2H3,(H,21,23)(H,22,24). The van der Waals surface area contributed by atoms with Crippen molar-refractivity contribution < 1.29 is 9.59 Å². The fourth-order valence-corrected chi connectivity index (χ4v) is 2.88. The zero-order valence-corrected chi connectivity index (χ0v) is 15.5. The molecule has 2 aromatic rings. The maximum atomic E-state index is 12.3. The number of aryl methyl sites for hydroxylation is 1. The molecule has 2 amide bonds. The minimum Gasteiger partial charge on any atom is -0.352 e. The summed E-state index contributed by atoms with van der Waals surface area (Å²) in [5.74, 6) is 1.78. The zero-order valence-electron chi connectivity index (χ0n) is 14.7. The van der Waals surface area contributed by atoms with Gasteiger partial charge in [-0.25, -0.2) is 0 Å². The Morgan fingerprint density at radius 3 is 2.56 bits per heavy atom. The van der Waals surface area contributed by atoms with E-state index in [-0.39, 0.29) is 11.8 Å². The van der Waals surface area contributed by atoms with E-state index >= 15 is 0 Å². The highest BCUT2D eigenvalue weighted by atomic mass is 32.2. The molecule has 25 heavy (non-hydrogen) atoms. The van der Waals surface area contributed by atoms with Crippen molar-refractivity contribution in [3.63, 3.8) is 0 Å². The molecule has 0 saturated carbocycles. The van der Waals surface area contributed by atoms with Gasteiger partial charge in [0.05, 0.1) is 0 Å². The van der Waals surface area contributed by atoms with Crippen LogP contribution in [0.2, 0.25) is 0 Å². The van der Waals surface area contributed by atoms with Gasteiger partial charge in [0.1, 0.15) is 0 Å². The molecular formula is C20H24N2O2S. The van der Waals surface area contributed by atoms with Gasteiger partial charge >= 0.3 is 0 Å². The highest BCUT2D eigenvalue weighted by Gasteiger charge is 2.07. The molecule has 0 radical (unpaired) electrons. The SMILES string of the molecule is CCSCCC(=O)NCc1cccc(NC(=O)c2ccc(C)cc2)c1. The number of amides is 2. The number of anilines is 1. The van der Waals surface area contributed by atoms with Gasteiger partial charge < -0.3 is 10.6 Å². The summed E-state index contributed by atoms with van der Waals surface area (Å²) < 4.78 is 0. The molecule has 0 saturated heterocycles. The van der Waals surface area contributed by atoms with Crippen LogP contribution >= 0.6 is 11.8 Å². The van der Waals surface area contributed by atoms with Crippen LogP contribution in [-0.4, -0.2) is 23.3 Å². The van der Waals surface area contributed by atoms with Crippen LogP contribution in [0, 0.1) is 6.92 Å². The molecule has 0 aliphatic heterocycles. The van der Waals surface area contributed by atoms with Crippen molar-refractivity contribution in [2.75, 3.05) is 16.8 Å². The molecule has 2 N–H and O–H groups in total. The van der Waals surface area contributed by atoms with Crippen LogP contribution in [0.4, 0.5) is 5.69 Å². The van der Waals surface area contributed by atoms with Crippen molar-refractivity contribution in [3.8, 4) is 0 Å². The first-order valence-electron chi connectivity index (χ1n) is 8.40. The summed E-state index contributed by atoms with van der Waals surface area (Å²) in [5, 5.41) is 5.80. The van der Waals surface area contributed by atoms with E-state index in [4.69, 9.17) is 0 Å². The number of rotatable bonds is 8. The van der Waals surface area contributed by atoms with E-state index in [2.05, 4.69) is 17.6 Å². The van der Waals surface area contributed by atoms with Gasteiger partial charge in [-0.15, -0.1) is 0 Å². The Morgan fingerprint density at radius 2 is 1.84 bits per heavy atom. The number of carbonyl (C=O) groups is 2. The van der Waals surface area contributed by atoms with Crippen LogP contribution in [-0.2, 0) is 11.3 Å². The largest absolute Gasteiger partial charge is 0.352 e. The highest BCUT2D eigenvalue weighted by Crippen LogP contribution is 2.13. The topological polar surface area (TPSA) is 58.2 Å². The Balaban J connectivity index is 1.89. The van der Waals surface area contributed by atoms with E-state index in [1.165, 1.54) is 0 Å². The Bertz CT molecular complexity index is 714. The molecule has 0 bridgehead atoms. The maximum Gasteiger partial charge on any atom is 0.255 e. The third-order valence-corrected chi connectivity index (χ3v) is 4.57. The van der Waals surface area contributed by atoms with Crippen LogP contribution in [0.1, 0.15) is 34.8 Å². The van der Waals surface area contributed by atoms with Gasteiger partial charge in [0.2, 0.25) is 5.91 Å². The van der Waals surface area contributed by atoms with Gasteiger partial charge in [0, 0.05) is 30.0 Å². The lowest BCUT2D eigenvalue weighted by atomic mass is 10.1. The number of benzene rings is 2. The van der Waals surface area contributed by atoms with E-state index in [0.29, 0.717) is 18.5 Å². The van der Waals surface area contributed by atoms with Crippen molar-refractivity contribution >= 4 is 29.3 Å². The molecule has 0 fully saturated rings. The first-order chi connectivity index (χ1) is 12.1. The summed E-state index contributed by atoms with van der Waals surface area (Å²) in [6, 6.07) is 15.0. The Kier molecular flexibility index (Phi) is 7.54. The third kappa shape index (κ3) is 6.63. The van der Waals surface area contributed by atoms with E-state index < -0.39 is 0 Å². The molecule has 0 aliphatic rings. The molecule has 0 aromatic heterocycles. The number of nitrogens with one attached hydrogen (secondary N) is 2. The molecule has 132 valence electrons. The monoisotopic (exact) mass is 356 g/mol. The van der Waals surface area contributed by atoms with Crippen LogP contribution in [0.15, 0.2) is 48.5 Å². The summed E-state index contributed by atoms with van der Waals surface area (Å²) >= 11 is 1.76. The molecule has 0 heterocycles. The lowest BCUT2D eigenvalue weighted by Gasteiger charge is -2.09. The first-order valence-corrected chi connectivity index (χ1v) is 9.55. The maximum absolute atomic E-state index is 12.3. The fourth-order valence-electron chi connectivity index (χ4n) is 2.27. The minimum absolute atomic E-state index is 0.0510.